The number of fused-ring (bicyclic) bond motifs is 1. The SMILES string of the molecule is C=CCN1CCCc2c[c]ccc21. The van der Waals surface area contributed by atoms with Crippen molar-refractivity contribution >= 4 is 5.69 Å². The molecular formula is C12H14N. The number of benzene rings is 1. The second-order valence-electron chi connectivity index (χ2n) is 3.39. The molecule has 0 unspecified atom stereocenters. The average Bonchev–Trinajstić information content (AvgIpc) is 2.19. The number of nitrogens with zero attached hydrogens (tertiary/aromatic N) is 1. The number of hydrogen-bond donors (Lipinski definition) is 0. The van der Waals surface area contributed by atoms with Gasteiger partial charge in [-0.05, 0) is 36.6 Å². The van der Waals surface area contributed by atoms with Gasteiger partial charge in [0.1, 0.15) is 0 Å². The minimum absolute atomic E-state index is 0.955. The van der Waals surface area contributed by atoms with E-state index in [4.69, 9.17) is 0 Å². The van der Waals surface area contributed by atoms with Crippen LogP contribution in [0.1, 0.15) is 12.0 Å². The topological polar surface area (TPSA) is 3.24 Å². The molecular weight excluding hydrogens is 158 g/mol. The summed E-state index contributed by atoms with van der Waals surface area (Å²) in [5, 5.41) is 0. The fraction of sp³-hybridized carbons (Fsp3) is 0.333. The largest absolute Gasteiger partial charge is 0.368 e. The highest BCUT2D eigenvalue weighted by Crippen LogP contribution is 2.25. The predicted molar refractivity (Wildman–Crippen MR) is 56.0 cm³/mol. The first kappa shape index (κ1) is 8.36. The van der Waals surface area contributed by atoms with Gasteiger partial charge in [0.05, 0.1) is 0 Å². The number of hydrogen-bond acceptors (Lipinski definition) is 1. The smallest absolute Gasteiger partial charge is 0.0402 e. The van der Waals surface area contributed by atoms with Crippen LogP contribution in [0, 0.1) is 6.07 Å². The van der Waals surface area contributed by atoms with Gasteiger partial charge in [-0.1, -0.05) is 12.1 Å². The van der Waals surface area contributed by atoms with Crippen molar-refractivity contribution in [3.63, 3.8) is 0 Å². The Morgan fingerprint density at radius 2 is 2.54 bits per heavy atom. The monoisotopic (exact) mass is 172 g/mol. The van der Waals surface area contributed by atoms with E-state index >= 15 is 0 Å². The number of anilines is 1. The van der Waals surface area contributed by atoms with Gasteiger partial charge in [0, 0.05) is 18.8 Å². The molecule has 1 aromatic rings. The molecule has 1 nitrogen and oxygen atoms in total. The van der Waals surface area contributed by atoms with E-state index < -0.39 is 0 Å². The highest BCUT2D eigenvalue weighted by molar-refractivity contribution is 5.55. The lowest BCUT2D eigenvalue weighted by Gasteiger charge is -2.30. The minimum atomic E-state index is 0.955. The molecule has 1 aliphatic rings. The summed E-state index contributed by atoms with van der Waals surface area (Å²) in [6.45, 7) is 5.89. The van der Waals surface area contributed by atoms with E-state index in [1.165, 1.54) is 24.1 Å². The lowest BCUT2D eigenvalue weighted by Crippen LogP contribution is -2.29. The summed E-state index contributed by atoms with van der Waals surface area (Å²) >= 11 is 0. The molecule has 1 heterocycles. The summed E-state index contributed by atoms with van der Waals surface area (Å²) in [7, 11) is 0. The Kier molecular flexibility index (Phi) is 2.35. The fourth-order valence-electron chi connectivity index (χ4n) is 1.89. The van der Waals surface area contributed by atoms with Crippen LogP contribution in [-0.2, 0) is 6.42 Å². The second-order valence-corrected chi connectivity index (χ2v) is 3.39. The van der Waals surface area contributed by atoms with Crippen LogP contribution in [0.5, 0.6) is 0 Å². The van der Waals surface area contributed by atoms with Crippen LogP contribution < -0.4 is 4.90 Å². The Hall–Kier alpha value is -1.24. The van der Waals surface area contributed by atoms with E-state index in [9.17, 15) is 0 Å². The van der Waals surface area contributed by atoms with E-state index in [2.05, 4.69) is 29.7 Å². The molecule has 0 fully saturated rings. The zero-order valence-electron chi connectivity index (χ0n) is 7.79. The van der Waals surface area contributed by atoms with E-state index in [0.29, 0.717) is 0 Å². The second kappa shape index (κ2) is 3.65. The summed E-state index contributed by atoms with van der Waals surface area (Å²) in [6, 6.07) is 9.37. The molecule has 1 heteroatoms. The fourth-order valence-corrected chi connectivity index (χ4v) is 1.89. The van der Waals surface area contributed by atoms with Crippen molar-refractivity contribution < 1.29 is 0 Å². The van der Waals surface area contributed by atoms with Gasteiger partial charge in [0.25, 0.3) is 0 Å². The van der Waals surface area contributed by atoms with Crippen LogP contribution >= 0.6 is 0 Å². The van der Waals surface area contributed by atoms with Crippen molar-refractivity contribution in [3.05, 3.63) is 42.5 Å². The van der Waals surface area contributed by atoms with Gasteiger partial charge in [0.15, 0.2) is 0 Å². The van der Waals surface area contributed by atoms with Crippen molar-refractivity contribution in [2.24, 2.45) is 0 Å². The minimum Gasteiger partial charge on any atom is -0.368 e. The molecule has 0 saturated heterocycles. The molecule has 0 aromatic heterocycles. The normalized spacial score (nSPS) is 15.2. The summed E-state index contributed by atoms with van der Waals surface area (Å²) in [6.07, 6.45) is 4.41. The first-order valence-corrected chi connectivity index (χ1v) is 4.76. The maximum absolute atomic E-state index is 3.78. The van der Waals surface area contributed by atoms with Crippen molar-refractivity contribution in [1.82, 2.24) is 0 Å². The predicted octanol–water partition coefficient (Wildman–Crippen LogP) is 2.43. The lowest BCUT2D eigenvalue weighted by molar-refractivity contribution is 0.722. The van der Waals surface area contributed by atoms with Crippen LogP contribution in [-0.4, -0.2) is 13.1 Å². The average molecular weight is 172 g/mol. The van der Waals surface area contributed by atoms with Crippen molar-refractivity contribution in [1.29, 1.82) is 0 Å². The maximum atomic E-state index is 3.78. The van der Waals surface area contributed by atoms with Gasteiger partial charge < -0.3 is 4.90 Å². The molecule has 0 N–H and O–H groups in total. The summed E-state index contributed by atoms with van der Waals surface area (Å²) in [5.74, 6) is 0. The Balaban J connectivity index is 2.31. The van der Waals surface area contributed by atoms with Gasteiger partial charge >= 0.3 is 0 Å². The maximum Gasteiger partial charge on any atom is 0.0402 e. The standard InChI is InChI=1S/C12H14N/c1-2-9-13-10-5-7-11-6-3-4-8-12(11)13/h2,4,6,8H,1,5,7,9-10H2. The highest BCUT2D eigenvalue weighted by Gasteiger charge is 2.13. The van der Waals surface area contributed by atoms with Crippen LogP contribution in [0.2, 0.25) is 0 Å². The first-order chi connectivity index (χ1) is 6.42. The van der Waals surface area contributed by atoms with E-state index in [1.807, 2.05) is 12.1 Å². The van der Waals surface area contributed by atoms with Gasteiger partial charge in [0.2, 0.25) is 0 Å². The van der Waals surface area contributed by atoms with Gasteiger partial charge in [-0.3, -0.25) is 0 Å². The molecule has 0 spiro atoms. The van der Waals surface area contributed by atoms with Crippen LogP contribution in [0.3, 0.4) is 0 Å². The Bertz CT molecular complexity index is 304. The molecule has 0 amide bonds. The van der Waals surface area contributed by atoms with Gasteiger partial charge in [-0.2, -0.15) is 0 Å². The molecule has 1 aliphatic heterocycles. The molecule has 13 heavy (non-hydrogen) atoms. The zero-order valence-corrected chi connectivity index (χ0v) is 7.79. The number of aryl methyl sites for hydroxylation is 1. The van der Waals surface area contributed by atoms with Crippen molar-refractivity contribution in [2.45, 2.75) is 12.8 Å². The summed E-state index contributed by atoms with van der Waals surface area (Å²) in [4.78, 5) is 2.37. The molecule has 67 valence electrons. The molecule has 0 bridgehead atoms. The van der Waals surface area contributed by atoms with E-state index in [0.717, 1.165) is 13.1 Å². The molecule has 2 rings (SSSR count). The lowest BCUT2D eigenvalue weighted by atomic mass is 10.0. The third kappa shape index (κ3) is 1.59. The third-order valence-corrected chi connectivity index (χ3v) is 2.49. The molecule has 1 radical (unpaired) electrons. The van der Waals surface area contributed by atoms with Crippen LogP contribution in [0.15, 0.2) is 30.9 Å². The Labute approximate surface area is 79.7 Å². The van der Waals surface area contributed by atoms with Gasteiger partial charge in [-0.25, -0.2) is 0 Å². The zero-order chi connectivity index (χ0) is 9.10. The third-order valence-electron chi connectivity index (χ3n) is 2.49. The molecule has 1 aromatic carbocycles. The first-order valence-electron chi connectivity index (χ1n) is 4.76. The highest BCUT2D eigenvalue weighted by atomic mass is 15.1. The van der Waals surface area contributed by atoms with Crippen LogP contribution in [0.4, 0.5) is 5.69 Å². The molecule has 0 atom stereocenters. The van der Waals surface area contributed by atoms with Crippen molar-refractivity contribution in [2.75, 3.05) is 18.0 Å². The Morgan fingerprint density at radius 1 is 1.62 bits per heavy atom. The summed E-state index contributed by atoms with van der Waals surface area (Å²) in [5.41, 5.74) is 2.79. The van der Waals surface area contributed by atoms with Crippen molar-refractivity contribution in [3.8, 4) is 0 Å². The number of rotatable bonds is 2. The Morgan fingerprint density at radius 3 is 3.38 bits per heavy atom. The molecule has 0 aliphatic carbocycles. The van der Waals surface area contributed by atoms with Gasteiger partial charge in [-0.15, -0.1) is 6.58 Å². The summed E-state index contributed by atoms with van der Waals surface area (Å²) < 4.78 is 0. The molecule has 0 saturated carbocycles. The van der Waals surface area contributed by atoms with E-state index in [1.54, 1.807) is 0 Å². The quantitative estimate of drug-likeness (QED) is 0.619. The van der Waals surface area contributed by atoms with Crippen LogP contribution in [0.25, 0.3) is 0 Å². The van der Waals surface area contributed by atoms with E-state index in [-0.39, 0.29) is 0 Å².